The molecule has 0 unspecified atom stereocenters. The summed E-state index contributed by atoms with van der Waals surface area (Å²) in [5.41, 5.74) is 1.82. The molecule has 3 aromatic carbocycles. The van der Waals surface area contributed by atoms with Crippen LogP contribution in [0.4, 0.5) is 0 Å². The van der Waals surface area contributed by atoms with Crippen LogP contribution in [0.25, 0.3) is 11.4 Å². The van der Waals surface area contributed by atoms with Gasteiger partial charge in [-0.15, -0.1) is 5.10 Å². The van der Waals surface area contributed by atoms with Crippen molar-refractivity contribution in [1.29, 1.82) is 0 Å². The third kappa shape index (κ3) is 7.66. The lowest BCUT2D eigenvalue weighted by atomic mass is 10.1. The topological polar surface area (TPSA) is 126 Å². The van der Waals surface area contributed by atoms with Crippen molar-refractivity contribution in [3.05, 3.63) is 90.5 Å². The molecule has 1 heterocycles. The minimum Gasteiger partial charge on any atom is -0.484 e. The second-order valence-electron chi connectivity index (χ2n) is 8.04. The normalized spacial score (nSPS) is 12.1. The Hall–Kier alpha value is -3.67. The summed E-state index contributed by atoms with van der Waals surface area (Å²) in [6.07, 6.45) is 0. The van der Waals surface area contributed by atoms with Gasteiger partial charge in [-0.05, 0) is 36.8 Å². The number of aromatic nitrogens is 3. The molecule has 0 spiro atoms. The average molecular weight is 538 g/mol. The molecule has 0 radical (unpaired) electrons. The maximum Gasteiger partial charge on any atom is 0.257 e. The Labute approximate surface area is 220 Å². The van der Waals surface area contributed by atoms with E-state index in [0.717, 1.165) is 11.1 Å². The van der Waals surface area contributed by atoms with Gasteiger partial charge in [-0.1, -0.05) is 72.4 Å². The SMILES string of the molecule is C[C@@H](NS(=O)(=O)c1ccc(OCC(=O)NCCSc2n[nH]c(-c3ccccc3)n2)cc1)c1ccccc1. The van der Waals surface area contributed by atoms with E-state index in [2.05, 4.69) is 25.2 Å². The van der Waals surface area contributed by atoms with Gasteiger partial charge in [0.2, 0.25) is 15.2 Å². The van der Waals surface area contributed by atoms with Crippen LogP contribution in [0.5, 0.6) is 5.75 Å². The van der Waals surface area contributed by atoms with Crippen molar-refractivity contribution >= 4 is 27.7 Å². The zero-order valence-corrected chi connectivity index (χ0v) is 21.8. The summed E-state index contributed by atoms with van der Waals surface area (Å²) in [7, 11) is -3.71. The lowest BCUT2D eigenvalue weighted by molar-refractivity contribution is -0.122. The molecule has 0 fully saturated rings. The Balaban J connectivity index is 1.18. The number of benzene rings is 3. The standard InChI is InChI=1S/C26H27N5O4S2/c1-19(20-8-4-2-5-9-20)31-37(33,34)23-14-12-22(13-15-23)35-18-24(32)27-16-17-36-26-28-25(29-30-26)21-10-6-3-7-11-21/h2-15,19,31H,16-18H2,1H3,(H,27,32)(H,28,29,30)/t19-/m1/s1. The number of hydrogen-bond donors (Lipinski definition) is 3. The largest absolute Gasteiger partial charge is 0.484 e. The highest BCUT2D eigenvalue weighted by Gasteiger charge is 2.18. The van der Waals surface area contributed by atoms with Gasteiger partial charge in [0.15, 0.2) is 12.4 Å². The van der Waals surface area contributed by atoms with E-state index in [1.165, 1.54) is 36.0 Å². The fraction of sp³-hybridized carbons (Fsp3) is 0.192. The molecule has 4 rings (SSSR count). The molecule has 9 nitrogen and oxygen atoms in total. The molecular formula is C26H27N5O4S2. The minimum atomic E-state index is -3.71. The van der Waals surface area contributed by atoms with Crippen LogP contribution < -0.4 is 14.8 Å². The molecule has 1 amide bonds. The summed E-state index contributed by atoms with van der Waals surface area (Å²) in [5, 5.41) is 10.5. The number of nitrogens with zero attached hydrogens (tertiary/aromatic N) is 2. The van der Waals surface area contributed by atoms with Crippen LogP contribution in [0.1, 0.15) is 18.5 Å². The molecule has 37 heavy (non-hydrogen) atoms. The van der Waals surface area contributed by atoms with E-state index in [4.69, 9.17) is 4.74 Å². The molecule has 1 atom stereocenters. The van der Waals surface area contributed by atoms with E-state index in [1.54, 1.807) is 6.92 Å². The Morgan fingerprint density at radius 1 is 1.00 bits per heavy atom. The van der Waals surface area contributed by atoms with Crippen molar-refractivity contribution in [2.75, 3.05) is 18.9 Å². The Bertz CT molecular complexity index is 1400. The zero-order chi connectivity index (χ0) is 26.1. The zero-order valence-electron chi connectivity index (χ0n) is 20.1. The number of nitrogens with one attached hydrogen (secondary N) is 3. The first-order chi connectivity index (χ1) is 17.9. The fourth-order valence-corrected chi connectivity index (χ4v) is 5.28. The quantitative estimate of drug-likeness (QED) is 0.185. The smallest absolute Gasteiger partial charge is 0.257 e. The third-order valence-electron chi connectivity index (χ3n) is 5.30. The van der Waals surface area contributed by atoms with Crippen molar-refractivity contribution in [3.63, 3.8) is 0 Å². The third-order valence-corrected chi connectivity index (χ3v) is 7.71. The van der Waals surface area contributed by atoms with Crippen LogP contribution in [-0.2, 0) is 14.8 Å². The summed E-state index contributed by atoms with van der Waals surface area (Å²) in [6.45, 7) is 2.03. The van der Waals surface area contributed by atoms with Crippen molar-refractivity contribution in [3.8, 4) is 17.1 Å². The maximum absolute atomic E-state index is 12.7. The first-order valence-corrected chi connectivity index (χ1v) is 14.0. The molecule has 0 saturated carbocycles. The average Bonchev–Trinajstić information content (AvgIpc) is 3.40. The minimum absolute atomic E-state index is 0.117. The number of aromatic amines is 1. The van der Waals surface area contributed by atoms with E-state index in [9.17, 15) is 13.2 Å². The van der Waals surface area contributed by atoms with Crippen LogP contribution in [0, 0.1) is 0 Å². The van der Waals surface area contributed by atoms with Crippen molar-refractivity contribution in [2.45, 2.75) is 23.0 Å². The second-order valence-corrected chi connectivity index (χ2v) is 10.8. The van der Waals surface area contributed by atoms with Crippen molar-refractivity contribution in [1.82, 2.24) is 25.2 Å². The van der Waals surface area contributed by atoms with Crippen LogP contribution in [0.3, 0.4) is 0 Å². The van der Waals surface area contributed by atoms with E-state index in [0.29, 0.717) is 29.0 Å². The highest BCUT2D eigenvalue weighted by molar-refractivity contribution is 7.99. The summed E-state index contributed by atoms with van der Waals surface area (Å²) in [6, 6.07) is 24.6. The van der Waals surface area contributed by atoms with Gasteiger partial charge < -0.3 is 10.1 Å². The van der Waals surface area contributed by atoms with Crippen LogP contribution in [0.15, 0.2) is 95.0 Å². The molecule has 11 heteroatoms. The van der Waals surface area contributed by atoms with E-state index in [1.807, 2.05) is 60.7 Å². The van der Waals surface area contributed by atoms with Crippen LogP contribution >= 0.6 is 11.8 Å². The van der Waals surface area contributed by atoms with Gasteiger partial charge in [-0.2, -0.15) is 0 Å². The first-order valence-electron chi connectivity index (χ1n) is 11.6. The summed E-state index contributed by atoms with van der Waals surface area (Å²) >= 11 is 1.43. The Morgan fingerprint density at radius 3 is 2.38 bits per heavy atom. The Kier molecular flexibility index (Phi) is 8.94. The number of H-pyrrole nitrogens is 1. The first kappa shape index (κ1) is 26.4. The number of thioether (sulfide) groups is 1. The molecule has 0 aliphatic heterocycles. The second kappa shape index (κ2) is 12.5. The number of amides is 1. The van der Waals surface area contributed by atoms with Crippen molar-refractivity contribution < 1.29 is 17.9 Å². The molecule has 0 aliphatic carbocycles. The highest BCUT2D eigenvalue weighted by Crippen LogP contribution is 2.20. The van der Waals surface area contributed by atoms with Gasteiger partial charge in [0.25, 0.3) is 5.91 Å². The van der Waals surface area contributed by atoms with Gasteiger partial charge in [-0.3, -0.25) is 9.89 Å². The number of rotatable bonds is 12. The molecule has 0 aliphatic rings. The summed E-state index contributed by atoms with van der Waals surface area (Å²) in [5.74, 6) is 1.41. The molecule has 4 aromatic rings. The van der Waals surface area contributed by atoms with Crippen molar-refractivity contribution in [2.24, 2.45) is 0 Å². The molecule has 192 valence electrons. The fourth-order valence-electron chi connectivity index (χ4n) is 3.39. The summed E-state index contributed by atoms with van der Waals surface area (Å²) in [4.78, 5) is 16.7. The van der Waals surface area contributed by atoms with E-state index in [-0.39, 0.29) is 23.5 Å². The number of carbonyl (C=O) groups excluding carboxylic acids is 1. The molecule has 1 aromatic heterocycles. The number of sulfonamides is 1. The highest BCUT2D eigenvalue weighted by atomic mass is 32.2. The lowest BCUT2D eigenvalue weighted by Crippen LogP contribution is -2.30. The number of carbonyl (C=O) groups is 1. The predicted octanol–water partition coefficient (Wildman–Crippen LogP) is 3.80. The molecule has 3 N–H and O–H groups in total. The van der Waals surface area contributed by atoms with E-state index >= 15 is 0 Å². The number of hydrogen-bond acceptors (Lipinski definition) is 7. The van der Waals surface area contributed by atoms with Gasteiger partial charge in [-0.25, -0.2) is 18.1 Å². The molecule has 0 bridgehead atoms. The summed E-state index contributed by atoms with van der Waals surface area (Å²) < 4.78 is 33.5. The maximum atomic E-state index is 12.7. The lowest BCUT2D eigenvalue weighted by Gasteiger charge is -2.15. The molecule has 0 saturated heterocycles. The Morgan fingerprint density at radius 2 is 1.68 bits per heavy atom. The predicted molar refractivity (Wildman–Crippen MR) is 143 cm³/mol. The monoisotopic (exact) mass is 537 g/mol. The van der Waals surface area contributed by atoms with Gasteiger partial charge in [0, 0.05) is 23.9 Å². The molecular weight excluding hydrogens is 510 g/mol. The van der Waals surface area contributed by atoms with Gasteiger partial charge >= 0.3 is 0 Å². The van der Waals surface area contributed by atoms with E-state index < -0.39 is 10.0 Å². The van der Waals surface area contributed by atoms with Crippen LogP contribution in [0.2, 0.25) is 0 Å². The van der Waals surface area contributed by atoms with Gasteiger partial charge in [0.05, 0.1) is 4.90 Å². The number of ether oxygens (including phenoxy) is 1. The van der Waals surface area contributed by atoms with Gasteiger partial charge in [0.1, 0.15) is 5.75 Å². The van der Waals surface area contributed by atoms with Crippen LogP contribution in [-0.4, -0.2) is 48.4 Å².